The number of sulfonamides is 1. The average molecular weight is 420 g/mol. The fourth-order valence-corrected chi connectivity index (χ4v) is 3.67. The molecule has 0 saturated heterocycles. The minimum absolute atomic E-state index is 0.0540. The highest BCUT2D eigenvalue weighted by atomic mass is 32.2. The molecule has 0 atom stereocenters. The molecule has 0 bridgehead atoms. The van der Waals surface area contributed by atoms with E-state index >= 15 is 0 Å². The molecule has 152 valence electrons. The SMILES string of the molecule is CC(C)S(=O)(=O)Nc1ccccc1-c1ccc(-c2ccc(C(=O)O)cc2C#N)cc1. The summed E-state index contributed by atoms with van der Waals surface area (Å²) >= 11 is 0. The predicted molar refractivity (Wildman–Crippen MR) is 117 cm³/mol. The Morgan fingerprint density at radius 3 is 2.13 bits per heavy atom. The van der Waals surface area contributed by atoms with Gasteiger partial charge in [0.2, 0.25) is 10.0 Å². The van der Waals surface area contributed by atoms with E-state index in [2.05, 4.69) is 4.72 Å². The predicted octanol–water partition coefficient (Wildman–Crippen LogP) is 4.74. The van der Waals surface area contributed by atoms with Crippen LogP contribution in [0.1, 0.15) is 29.8 Å². The highest BCUT2D eigenvalue weighted by molar-refractivity contribution is 7.93. The van der Waals surface area contributed by atoms with E-state index in [0.717, 1.165) is 16.7 Å². The number of carbonyl (C=O) groups is 1. The van der Waals surface area contributed by atoms with Gasteiger partial charge in [-0.1, -0.05) is 48.5 Å². The third kappa shape index (κ3) is 4.34. The highest BCUT2D eigenvalue weighted by Gasteiger charge is 2.18. The molecule has 0 aliphatic rings. The first-order valence-corrected chi connectivity index (χ1v) is 10.8. The Hall–Kier alpha value is -3.63. The highest BCUT2D eigenvalue weighted by Crippen LogP contribution is 2.32. The van der Waals surface area contributed by atoms with Gasteiger partial charge < -0.3 is 5.11 Å². The number of nitrogens with zero attached hydrogens (tertiary/aromatic N) is 1. The lowest BCUT2D eigenvalue weighted by atomic mass is 9.95. The van der Waals surface area contributed by atoms with Gasteiger partial charge in [-0.15, -0.1) is 0 Å². The summed E-state index contributed by atoms with van der Waals surface area (Å²) in [5.74, 6) is -1.09. The molecule has 0 spiro atoms. The Morgan fingerprint density at radius 2 is 1.57 bits per heavy atom. The van der Waals surface area contributed by atoms with Crippen LogP contribution in [0.4, 0.5) is 5.69 Å². The molecule has 2 N–H and O–H groups in total. The zero-order chi connectivity index (χ0) is 21.9. The molecule has 0 amide bonds. The van der Waals surface area contributed by atoms with Crippen molar-refractivity contribution in [2.24, 2.45) is 0 Å². The van der Waals surface area contributed by atoms with Crippen LogP contribution in [0.2, 0.25) is 0 Å². The van der Waals surface area contributed by atoms with E-state index in [9.17, 15) is 18.5 Å². The van der Waals surface area contributed by atoms with Gasteiger partial charge in [0.25, 0.3) is 0 Å². The number of aromatic carboxylic acids is 1. The van der Waals surface area contributed by atoms with E-state index in [-0.39, 0.29) is 11.1 Å². The molecular formula is C23H20N2O4S. The molecule has 3 aromatic rings. The lowest BCUT2D eigenvalue weighted by molar-refractivity contribution is 0.0697. The Labute approximate surface area is 175 Å². The van der Waals surface area contributed by atoms with Gasteiger partial charge in [0.05, 0.1) is 28.1 Å². The lowest BCUT2D eigenvalue weighted by Gasteiger charge is -2.15. The van der Waals surface area contributed by atoms with E-state index < -0.39 is 21.2 Å². The summed E-state index contributed by atoms with van der Waals surface area (Å²) in [6.07, 6.45) is 0. The summed E-state index contributed by atoms with van der Waals surface area (Å²) in [4.78, 5) is 11.1. The molecule has 3 aromatic carbocycles. The largest absolute Gasteiger partial charge is 0.478 e. The maximum atomic E-state index is 12.3. The van der Waals surface area contributed by atoms with Crippen molar-refractivity contribution in [3.05, 3.63) is 77.9 Å². The van der Waals surface area contributed by atoms with E-state index in [4.69, 9.17) is 5.11 Å². The van der Waals surface area contributed by atoms with Crippen molar-refractivity contribution < 1.29 is 18.3 Å². The van der Waals surface area contributed by atoms with Crippen LogP contribution in [0, 0.1) is 11.3 Å². The van der Waals surface area contributed by atoms with Crippen molar-refractivity contribution in [1.82, 2.24) is 0 Å². The molecule has 0 unspecified atom stereocenters. The van der Waals surface area contributed by atoms with Crippen LogP contribution in [-0.4, -0.2) is 24.7 Å². The Balaban J connectivity index is 1.99. The molecule has 0 aliphatic carbocycles. The fraction of sp³-hybridized carbons (Fsp3) is 0.130. The van der Waals surface area contributed by atoms with Crippen LogP contribution in [0.15, 0.2) is 66.7 Å². The molecular weight excluding hydrogens is 400 g/mol. The number of nitriles is 1. The van der Waals surface area contributed by atoms with Crippen LogP contribution in [0.5, 0.6) is 0 Å². The van der Waals surface area contributed by atoms with Crippen molar-refractivity contribution in [2.75, 3.05) is 4.72 Å². The van der Waals surface area contributed by atoms with Crippen molar-refractivity contribution in [2.45, 2.75) is 19.1 Å². The van der Waals surface area contributed by atoms with E-state index in [1.807, 2.05) is 42.5 Å². The zero-order valence-electron chi connectivity index (χ0n) is 16.5. The molecule has 0 saturated carbocycles. The summed E-state index contributed by atoms with van der Waals surface area (Å²) in [6.45, 7) is 3.23. The number of hydrogen-bond acceptors (Lipinski definition) is 4. The number of nitrogens with one attached hydrogen (secondary N) is 1. The summed E-state index contributed by atoms with van der Waals surface area (Å²) < 4.78 is 27.2. The normalized spacial score (nSPS) is 11.1. The second-order valence-corrected chi connectivity index (χ2v) is 9.23. The van der Waals surface area contributed by atoms with Crippen LogP contribution in [-0.2, 0) is 10.0 Å². The number of para-hydroxylation sites is 1. The summed E-state index contributed by atoms with van der Waals surface area (Å²) in [7, 11) is -3.49. The van der Waals surface area contributed by atoms with E-state index in [1.165, 1.54) is 12.1 Å². The summed E-state index contributed by atoms with van der Waals surface area (Å²) in [6, 6.07) is 20.9. The molecule has 7 heteroatoms. The quantitative estimate of drug-likeness (QED) is 0.599. The van der Waals surface area contributed by atoms with Gasteiger partial charge in [-0.2, -0.15) is 5.26 Å². The molecule has 3 rings (SSSR count). The Kier molecular flexibility index (Phi) is 5.90. The molecule has 0 aliphatic heterocycles. The number of carboxylic acids is 1. The van der Waals surface area contributed by atoms with Crippen LogP contribution < -0.4 is 4.72 Å². The fourth-order valence-electron chi connectivity index (χ4n) is 2.95. The van der Waals surface area contributed by atoms with Crippen LogP contribution >= 0.6 is 0 Å². The number of benzene rings is 3. The van der Waals surface area contributed by atoms with E-state index in [0.29, 0.717) is 11.3 Å². The second-order valence-electron chi connectivity index (χ2n) is 7.00. The third-order valence-corrected chi connectivity index (χ3v) is 6.44. The summed E-state index contributed by atoms with van der Waals surface area (Å²) in [5.41, 5.74) is 3.74. The standard InChI is InChI=1S/C23H20N2O4S/c1-15(2)30(28,29)25-22-6-4-3-5-21(22)17-9-7-16(8-10-17)20-12-11-18(23(26)27)13-19(20)14-24/h3-13,15,25H,1-2H3,(H,26,27). The van der Waals surface area contributed by atoms with Crippen LogP contribution in [0.3, 0.4) is 0 Å². The molecule has 0 radical (unpaired) electrons. The van der Waals surface area contributed by atoms with Crippen molar-refractivity contribution in [3.8, 4) is 28.3 Å². The van der Waals surface area contributed by atoms with Gasteiger partial charge in [0.15, 0.2) is 0 Å². The van der Waals surface area contributed by atoms with Crippen molar-refractivity contribution >= 4 is 21.7 Å². The first-order valence-electron chi connectivity index (χ1n) is 9.22. The molecule has 30 heavy (non-hydrogen) atoms. The molecule has 6 nitrogen and oxygen atoms in total. The smallest absolute Gasteiger partial charge is 0.335 e. The van der Waals surface area contributed by atoms with Gasteiger partial charge in [-0.3, -0.25) is 4.72 Å². The number of anilines is 1. The van der Waals surface area contributed by atoms with Gasteiger partial charge in [0, 0.05) is 5.56 Å². The van der Waals surface area contributed by atoms with Gasteiger partial charge in [-0.05, 0) is 48.7 Å². The second kappa shape index (κ2) is 8.39. The minimum atomic E-state index is -3.49. The van der Waals surface area contributed by atoms with Crippen LogP contribution in [0.25, 0.3) is 22.3 Å². The maximum absolute atomic E-state index is 12.3. The first kappa shape index (κ1) is 21.1. The number of hydrogen-bond donors (Lipinski definition) is 2. The third-order valence-electron chi connectivity index (χ3n) is 4.69. The molecule has 0 fully saturated rings. The van der Waals surface area contributed by atoms with Gasteiger partial charge in [0.1, 0.15) is 0 Å². The van der Waals surface area contributed by atoms with Crippen molar-refractivity contribution in [3.63, 3.8) is 0 Å². The Bertz CT molecular complexity index is 1240. The van der Waals surface area contributed by atoms with Gasteiger partial charge in [-0.25, -0.2) is 13.2 Å². The Morgan fingerprint density at radius 1 is 0.967 bits per heavy atom. The first-order chi connectivity index (χ1) is 14.2. The zero-order valence-corrected chi connectivity index (χ0v) is 17.3. The molecule has 0 heterocycles. The summed E-state index contributed by atoms with van der Waals surface area (Å²) in [5, 5.41) is 17.9. The topological polar surface area (TPSA) is 107 Å². The lowest BCUT2D eigenvalue weighted by Crippen LogP contribution is -2.22. The van der Waals surface area contributed by atoms with Crippen molar-refractivity contribution in [1.29, 1.82) is 5.26 Å². The minimum Gasteiger partial charge on any atom is -0.478 e. The van der Waals surface area contributed by atoms with Gasteiger partial charge >= 0.3 is 5.97 Å². The monoisotopic (exact) mass is 420 g/mol. The van der Waals surface area contributed by atoms with E-state index in [1.54, 1.807) is 32.0 Å². The maximum Gasteiger partial charge on any atom is 0.335 e. The number of rotatable bonds is 6. The number of carboxylic acid groups (broad SMARTS) is 1. The average Bonchev–Trinajstić information content (AvgIpc) is 2.73. The molecule has 0 aromatic heterocycles.